The Balaban J connectivity index is 1.86. The highest BCUT2D eigenvalue weighted by molar-refractivity contribution is 5.95. The average Bonchev–Trinajstić information content (AvgIpc) is 2.60. The number of rotatable bonds is 6. The van der Waals surface area contributed by atoms with Gasteiger partial charge < -0.3 is 14.4 Å². The number of aryl methyl sites for hydroxylation is 1. The number of aromatic nitrogens is 1. The van der Waals surface area contributed by atoms with Gasteiger partial charge in [0.2, 0.25) is 5.88 Å². The van der Waals surface area contributed by atoms with Crippen molar-refractivity contribution in [3.05, 3.63) is 59.3 Å². The molecule has 1 aromatic carbocycles. The van der Waals surface area contributed by atoms with Crippen LogP contribution in [0.2, 0.25) is 0 Å². The van der Waals surface area contributed by atoms with Crippen LogP contribution < -0.4 is 4.74 Å². The van der Waals surface area contributed by atoms with Gasteiger partial charge in [0.15, 0.2) is 0 Å². The number of pyridine rings is 1. The van der Waals surface area contributed by atoms with Crippen molar-refractivity contribution in [3.63, 3.8) is 0 Å². The number of amides is 1. The lowest BCUT2D eigenvalue weighted by molar-refractivity contribution is -0.111. The van der Waals surface area contributed by atoms with Crippen molar-refractivity contribution in [2.24, 2.45) is 5.41 Å². The molecule has 5 heteroatoms. The Labute approximate surface area is 148 Å². The van der Waals surface area contributed by atoms with Crippen molar-refractivity contribution in [2.45, 2.75) is 20.4 Å². The summed E-state index contributed by atoms with van der Waals surface area (Å²) >= 11 is 0. The third kappa shape index (κ3) is 3.99. The Bertz CT molecular complexity index is 756. The fraction of sp³-hybridized carbons (Fsp3) is 0.400. The van der Waals surface area contributed by atoms with E-state index < -0.39 is 0 Å². The van der Waals surface area contributed by atoms with Crippen LogP contribution in [0, 0.1) is 12.3 Å². The largest absolute Gasteiger partial charge is 0.481 e. The van der Waals surface area contributed by atoms with Crippen LogP contribution >= 0.6 is 0 Å². The van der Waals surface area contributed by atoms with Gasteiger partial charge in [0.25, 0.3) is 5.91 Å². The van der Waals surface area contributed by atoms with Gasteiger partial charge in [-0.1, -0.05) is 31.2 Å². The summed E-state index contributed by atoms with van der Waals surface area (Å²) in [5.74, 6) is 0.579. The zero-order chi connectivity index (χ0) is 17.9. The van der Waals surface area contributed by atoms with E-state index in [1.54, 1.807) is 13.2 Å². The average molecular weight is 340 g/mol. The molecule has 0 radical (unpaired) electrons. The predicted octanol–water partition coefficient (Wildman–Crippen LogP) is 3.08. The summed E-state index contributed by atoms with van der Waals surface area (Å²) in [6, 6.07) is 13.3. The summed E-state index contributed by atoms with van der Waals surface area (Å²) in [7, 11) is 1.59. The van der Waals surface area contributed by atoms with Crippen molar-refractivity contribution >= 4 is 5.91 Å². The van der Waals surface area contributed by atoms with E-state index in [2.05, 4.69) is 11.9 Å². The van der Waals surface area contributed by atoms with E-state index in [-0.39, 0.29) is 11.3 Å². The maximum Gasteiger partial charge on any atom is 0.254 e. The number of benzene rings is 1. The number of carbonyl (C=O) groups is 1. The number of carbonyl (C=O) groups excluding carboxylic acids is 1. The molecule has 0 N–H and O–H groups in total. The summed E-state index contributed by atoms with van der Waals surface area (Å²) < 4.78 is 10.6. The minimum atomic E-state index is -0.00277. The minimum Gasteiger partial charge on any atom is -0.481 e. The molecule has 0 aliphatic carbocycles. The zero-order valence-corrected chi connectivity index (χ0v) is 15.0. The van der Waals surface area contributed by atoms with E-state index in [0.29, 0.717) is 32.2 Å². The van der Waals surface area contributed by atoms with Crippen LogP contribution in [0.3, 0.4) is 0 Å². The summed E-state index contributed by atoms with van der Waals surface area (Å²) in [6.07, 6.45) is 0. The molecule has 1 fully saturated rings. The smallest absolute Gasteiger partial charge is 0.254 e. The highest BCUT2D eigenvalue weighted by atomic mass is 16.5. The van der Waals surface area contributed by atoms with Crippen LogP contribution in [0.1, 0.15) is 28.5 Å². The first-order chi connectivity index (χ1) is 12.0. The molecule has 0 spiro atoms. The van der Waals surface area contributed by atoms with Crippen molar-refractivity contribution in [2.75, 3.05) is 26.9 Å². The molecule has 0 saturated carbocycles. The molecule has 0 bridgehead atoms. The molecule has 3 rings (SSSR count). The summed E-state index contributed by atoms with van der Waals surface area (Å²) in [5.41, 5.74) is 2.52. The van der Waals surface area contributed by atoms with Crippen LogP contribution in [0.15, 0.2) is 42.5 Å². The molecule has 1 aliphatic rings. The number of ether oxygens (including phenoxy) is 2. The van der Waals surface area contributed by atoms with Crippen molar-refractivity contribution in [1.82, 2.24) is 9.88 Å². The molecule has 1 aromatic heterocycles. The van der Waals surface area contributed by atoms with E-state index in [9.17, 15) is 4.79 Å². The molecule has 2 aromatic rings. The van der Waals surface area contributed by atoms with Gasteiger partial charge in [-0.15, -0.1) is 0 Å². The fourth-order valence-corrected chi connectivity index (χ4v) is 3.04. The molecule has 0 unspecified atom stereocenters. The fourth-order valence-electron chi connectivity index (χ4n) is 3.04. The van der Waals surface area contributed by atoms with Crippen molar-refractivity contribution in [1.29, 1.82) is 0 Å². The summed E-state index contributed by atoms with van der Waals surface area (Å²) in [6.45, 7) is 6.54. The SMILES string of the molecule is COc1cccc(CN(CC2(C)COC2)C(=O)c2ccccc2C)n1. The molecular weight excluding hydrogens is 316 g/mol. The number of hydrogen-bond donors (Lipinski definition) is 0. The van der Waals surface area contributed by atoms with Crippen LogP contribution in [-0.2, 0) is 11.3 Å². The predicted molar refractivity (Wildman–Crippen MR) is 95.6 cm³/mol. The van der Waals surface area contributed by atoms with E-state index in [1.165, 1.54) is 0 Å². The number of nitrogens with zero attached hydrogens (tertiary/aromatic N) is 2. The Hall–Kier alpha value is -2.40. The molecule has 1 amide bonds. The van der Waals surface area contributed by atoms with Gasteiger partial charge in [-0.05, 0) is 24.6 Å². The van der Waals surface area contributed by atoms with Crippen molar-refractivity contribution < 1.29 is 14.3 Å². The number of hydrogen-bond acceptors (Lipinski definition) is 4. The Morgan fingerprint density at radius 1 is 1.24 bits per heavy atom. The Morgan fingerprint density at radius 2 is 2.00 bits per heavy atom. The maximum absolute atomic E-state index is 13.2. The third-order valence-electron chi connectivity index (χ3n) is 4.48. The topological polar surface area (TPSA) is 51.7 Å². The van der Waals surface area contributed by atoms with E-state index in [4.69, 9.17) is 9.47 Å². The van der Waals surface area contributed by atoms with Gasteiger partial charge in [-0.25, -0.2) is 4.98 Å². The van der Waals surface area contributed by atoms with Crippen LogP contribution in [0.4, 0.5) is 0 Å². The molecular formula is C20H24N2O3. The molecule has 132 valence electrons. The number of methoxy groups -OCH3 is 1. The van der Waals surface area contributed by atoms with Crippen LogP contribution in [0.25, 0.3) is 0 Å². The van der Waals surface area contributed by atoms with Gasteiger partial charge >= 0.3 is 0 Å². The lowest BCUT2D eigenvalue weighted by atomic mass is 9.87. The van der Waals surface area contributed by atoms with E-state index in [0.717, 1.165) is 16.8 Å². The first kappa shape index (κ1) is 17.4. The normalized spacial score (nSPS) is 15.3. The second-order valence-electron chi connectivity index (χ2n) is 6.95. The van der Waals surface area contributed by atoms with Gasteiger partial charge in [-0.3, -0.25) is 4.79 Å². The van der Waals surface area contributed by atoms with Gasteiger partial charge in [0.05, 0.1) is 32.6 Å². The second kappa shape index (κ2) is 7.23. The first-order valence-electron chi connectivity index (χ1n) is 8.43. The van der Waals surface area contributed by atoms with E-state index >= 15 is 0 Å². The summed E-state index contributed by atoms with van der Waals surface area (Å²) in [5, 5.41) is 0. The Kier molecular flexibility index (Phi) is 5.04. The minimum absolute atomic E-state index is 0.00277. The highest BCUT2D eigenvalue weighted by Gasteiger charge is 2.37. The molecule has 2 heterocycles. The summed E-state index contributed by atoms with van der Waals surface area (Å²) in [4.78, 5) is 19.5. The molecule has 0 atom stereocenters. The lowest BCUT2D eigenvalue weighted by Crippen LogP contribution is -2.50. The van der Waals surface area contributed by atoms with Crippen LogP contribution in [0.5, 0.6) is 5.88 Å². The second-order valence-corrected chi connectivity index (χ2v) is 6.95. The quantitative estimate of drug-likeness (QED) is 0.811. The van der Waals surface area contributed by atoms with Crippen molar-refractivity contribution in [3.8, 4) is 5.88 Å². The van der Waals surface area contributed by atoms with E-state index in [1.807, 2.05) is 48.2 Å². The zero-order valence-electron chi connectivity index (χ0n) is 15.0. The first-order valence-corrected chi connectivity index (χ1v) is 8.43. The monoisotopic (exact) mass is 340 g/mol. The molecule has 1 saturated heterocycles. The van der Waals surface area contributed by atoms with Gasteiger partial charge in [-0.2, -0.15) is 0 Å². The maximum atomic E-state index is 13.2. The lowest BCUT2D eigenvalue weighted by Gasteiger charge is -2.41. The molecule has 25 heavy (non-hydrogen) atoms. The van der Waals surface area contributed by atoms with Gasteiger partial charge in [0, 0.05) is 23.6 Å². The highest BCUT2D eigenvalue weighted by Crippen LogP contribution is 2.29. The standard InChI is InChI=1S/C20H24N2O3/c1-15-7-4-5-9-17(15)19(23)22(12-20(2)13-25-14-20)11-16-8-6-10-18(21-16)24-3/h4-10H,11-14H2,1-3H3. The van der Waals surface area contributed by atoms with Gasteiger partial charge in [0.1, 0.15) is 0 Å². The Morgan fingerprint density at radius 3 is 2.64 bits per heavy atom. The third-order valence-corrected chi connectivity index (χ3v) is 4.48. The molecule has 5 nitrogen and oxygen atoms in total. The molecule has 1 aliphatic heterocycles. The van der Waals surface area contributed by atoms with Crippen LogP contribution in [-0.4, -0.2) is 42.7 Å².